The molecule has 6 nitrogen and oxygen atoms in total. The van der Waals surface area contributed by atoms with E-state index in [-0.39, 0.29) is 11.9 Å². The van der Waals surface area contributed by atoms with Crippen LogP contribution in [0.5, 0.6) is 0 Å². The number of methoxy groups -OCH3 is 2. The normalized spacial score (nSPS) is 10.4. The van der Waals surface area contributed by atoms with Gasteiger partial charge in [0.25, 0.3) is 0 Å². The van der Waals surface area contributed by atoms with Crippen LogP contribution < -0.4 is 0 Å². The van der Waals surface area contributed by atoms with Gasteiger partial charge in [-0.15, -0.1) is 0 Å². The second-order valence-electron chi connectivity index (χ2n) is 3.69. The standard InChI is InChI=1S/C12H23NO5/c1-4-18-10-9-13(7-5-11(14)16-2)8-6-12(15)17-3/h4-10H2,1-3H3. The third kappa shape index (κ3) is 8.95. The topological polar surface area (TPSA) is 65.1 Å². The van der Waals surface area contributed by atoms with Gasteiger partial charge in [-0.05, 0) is 6.92 Å². The maximum absolute atomic E-state index is 11.1. The highest BCUT2D eigenvalue weighted by atomic mass is 16.5. The Balaban J connectivity index is 3.98. The van der Waals surface area contributed by atoms with Crippen LogP contribution in [0.4, 0.5) is 0 Å². The van der Waals surface area contributed by atoms with Crippen LogP contribution in [-0.2, 0) is 23.8 Å². The molecule has 0 heterocycles. The van der Waals surface area contributed by atoms with E-state index in [1.165, 1.54) is 14.2 Å². The Hall–Kier alpha value is -1.14. The summed E-state index contributed by atoms with van der Waals surface area (Å²) < 4.78 is 14.4. The highest BCUT2D eigenvalue weighted by Crippen LogP contribution is 1.97. The third-order valence-corrected chi connectivity index (χ3v) is 2.48. The van der Waals surface area contributed by atoms with Crippen LogP contribution in [0.2, 0.25) is 0 Å². The van der Waals surface area contributed by atoms with E-state index in [2.05, 4.69) is 9.47 Å². The SMILES string of the molecule is CCOCCN(CCC(=O)OC)CCC(=O)OC. The minimum absolute atomic E-state index is 0.255. The summed E-state index contributed by atoms with van der Waals surface area (Å²) in [5, 5.41) is 0. The lowest BCUT2D eigenvalue weighted by molar-refractivity contribution is -0.141. The maximum Gasteiger partial charge on any atom is 0.306 e. The minimum atomic E-state index is -0.255. The molecule has 0 fully saturated rings. The van der Waals surface area contributed by atoms with Crippen LogP contribution in [0.25, 0.3) is 0 Å². The number of rotatable bonds is 10. The summed E-state index contributed by atoms with van der Waals surface area (Å²) >= 11 is 0. The number of hydrogen-bond acceptors (Lipinski definition) is 6. The van der Waals surface area contributed by atoms with E-state index in [9.17, 15) is 9.59 Å². The molecule has 0 amide bonds. The van der Waals surface area contributed by atoms with Crippen molar-refractivity contribution in [2.45, 2.75) is 19.8 Å². The molecule has 0 aliphatic rings. The Morgan fingerprint density at radius 1 is 0.944 bits per heavy atom. The van der Waals surface area contributed by atoms with E-state index in [1.54, 1.807) is 0 Å². The molecule has 0 unspecified atom stereocenters. The van der Waals surface area contributed by atoms with E-state index in [1.807, 2.05) is 11.8 Å². The highest BCUT2D eigenvalue weighted by Gasteiger charge is 2.10. The summed E-state index contributed by atoms with van der Waals surface area (Å²) in [6.45, 7) is 4.95. The van der Waals surface area contributed by atoms with Crippen LogP contribution in [0.15, 0.2) is 0 Å². The zero-order chi connectivity index (χ0) is 13.8. The first-order chi connectivity index (χ1) is 8.63. The van der Waals surface area contributed by atoms with Crippen LogP contribution in [0.1, 0.15) is 19.8 Å². The predicted molar refractivity (Wildman–Crippen MR) is 66.2 cm³/mol. The Morgan fingerprint density at radius 3 is 1.83 bits per heavy atom. The molecule has 0 aromatic carbocycles. The van der Waals surface area contributed by atoms with Crippen molar-refractivity contribution in [3.05, 3.63) is 0 Å². The van der Waals surface area contributed by atoms with Gasteiger partial charge in [0.2, 0.25) is 0 Å². The molecule has 0 aromatic rings. The van der Waals surface area contributed by atoms with Gasteiger partial charge in [-0.3, -0.25) is 14.5 Å². The molecule has 6 heteroatoms. The predicted octanol–water partition coefficient (Wildman–Crippen LogP) is 0.451. The zero-order valence-corrected chi connectivity index (χ0v) is 11.4. The molecule has 0 N–H and O–H groups in total. The lowest BCUT2D eigenvalue weighted by atomic mass is 10.3. The number of carbonyl (C=O) groups is 2. The summed E-state index contributed by atoms with van der Waals surface area (Å²) in [6.07, 6.45) is 0.619. The van der Waals surface area contributed by atoms with Crippen molar-refractivity contribution in [1.82, 2.24) is 4.90 Å². The Labute approximate surface area is 108 Å². The number of ether oxygens (including phenoxy) is 3. The van der Waals surface area contributed by atoms with Crippen molar-refractivity contribution >= 4 is 11.9 Å². The first-order valence-corrected chi connectivity index (χ1v) is 6.07. The Kier molecular flexibility index (Phi) is 10.3. The van der Waals surface area contributed by atoms with Gasteiger partial charge in [0.15, 0.2) is 0 Å². The lowest BCUT2D eigenvalue weighted by Crippen LogP contribution is -2.32. The lowest BCUT2D eigenvalue weighted by Gasteiger charge is -2.20. The monoisotopic (exact) mass is 261 g/mol. The molecule has 0 aliphatic heterocycles. The van der Waals surface area contributed by atoms with E-state index in [0.717, 1.165) is 0 Å². The second kappa shape index (κ2) is 11.0. The van der Waals surface area contributed by atoms with Crippen LogP contribution in [0.3, 0.4) is 0 Å². The second-order valence-corrected chi connectivity index (χ2v) is 3.69. The molecule has 0 bridgehead atoms. The molecular weight excluding hydrogens is 238 g/mol. The largest absolute Gasteiger partial charge is 0.469 e. The number of hydrogen-bond donors (Lipinski definition) is 0. The third-order valence-electron chi connectivity index (χ3n) is 2.48. The Bertz CT molecular complexity index is 225. The average Bonchev–Trinajstić information content (AvgIpc) is 2.40. The van der Waals surface area contributed by atoms with Gasteiger partial charge >= 0.3 is 11.9 Å². The summed E-state index contributed by atoms with van der Waals surface area (Å²) in [4.78, 5) is 24.1. The molecular formula is C12H23NO5. The summed E-state index contributed by atoms with van der Waals surface area (Å²) in [6, 6.07) is 0. The molecule has 0 rings (SSSR count). The van der Waals surface area contributed by atoms with Crippen LogP contribution >= 0.6 is 0 Å². The first-order valence-electron chi connectivity index (χ1n) is 6.07. The molecule has 106 valence electrons. The fraction of sp³-hybridized carbons (Fsp3) is 0.833. The minimum Gasteiger partial charge on any atom is -0.469 e. The zero-order valence-electron chi connectivity index (χ0n) is 11.4. The fourth-order valence-corrected chi connectivity index (χ4v) is 1.38. The summed E-state index contributed by atoms with van der Waals surface area (Å²) in [5.74, 6) is -0.510. The fourth-order valence-electron chi connectivity index (χ4n) is 1.38. The molecule has 0 radical (unpaired) electrons. The summed E-state index contributed by atoms with van der Waals surface area (Å²) in [5.41, 5.74) is 0. The van der Waals surface area contributed by atoms with Gasteiger partial charge in [0.1, 0.15) is 0 Å². The molecule has 18 heavy (non-hydrogen) atoms. The molecule has 0 saturated carbocycles. The van der Waals surface area contributed by atoms with E-state index < -0.39 is 0 Å². The summed E-state index contributed by atoms with van der Waals surface area (Å²) in [7, 11) is 2.72. The molecule has 0 saturated heterocycles. The van der Waals surface area contributed by atoms with E-state index in [0.29, 0.717) is 45.7 Å². The van der Waals surface area contributed by atoms with Gasteiger partial charge in [-0.2, -0.15) is 0 Å². The quantitative estimate of drug-likeness (QED) is 0.420. The van der Waals surface area contributed by atoms with Crippen molar-refractivity contribution in [1.29, 1.82) is 0 Å². The van der Waals surface area contributed by atoms with Crippen molar-refractivity contribution in [2.75, 3.05) is 47.1 Å². The smallest absolute Gasteiger partial charge is 0.306 e. The van der Waals surface area contributed by atoms with Crippen molar-refractivity contribution in [3.63, 3.8) is 0 Å². The number of esters is 2. The molecule has 0 aliphatic carbocycles. The molecule has 0 spiro atoms. The van der Waals surface area contributed by atoms with Crippen molar-refractivity contribution in [2.24, 2.45) is 0 Å². The number of carbonyl (C=O) groups excluding carboxylic acids is 2. The van der Waals surface area contributed by atoms with Crippen molar-refractivity contribution < 1.29 is 23.8 Å². The average molecular weight is 261 g/mol. The first kappa shape index (κ1) is 16.9. The van der Waals surface area contributed by atoms with Gasteiger partial charge in [-0.25, -0.2) is 0 Å². The highest BCUT2D eigenvalue weighted by molar-refractivity contribution is 5.70. The van der Waals surface area contributed by atoms with Crippen LogP contribution in [-0.4, -0.2) is 63.9 Å². The van der Waals surface area contributed by atoms with Crippen molar-refractivity contribution in [3.8, 4) is 0 Å². The van der Waals surface area contributed by atoms with Gasteiger partial charge < -0.3 is 14.2 Å². The van der Waals surface area contributed by atoms with E-state index in [4.69, 9.17) is 4.74 Å². The number of nitrogens with zero attached hydrogens (tertiary/aromatic N) is 1. The van der Waals surface area contributed by atoms with E-state index >= 15 is 0 Å². The maximum atomic E-state index is 11.1. The molecule has 0 atom stereocenters. The van der Waals surface area contributed by atoms with Crippen LogP contribution in [0, 0.1) is 0 Å². The molecule has 0 aromatic heterocycles. The Morgan fingerprint density at radius 2 is 1.44 bits per heavy atom. The van der Waals surface area contributed by atoms with Gasteiger partial charge in [-0.1, -0.05) is 0 Å². The van der Waals surface area contributed by atoms with Gasteiger partial charge in [0.05, 0.1) is 33.7 Å². The van der Waals surface area contributed by atoms with Gasteiger partial charge in [0, 0.05) is 26.2 Å².